The molecule has 1 amide bonds. The minimum Gasteiger partial charge on any atom is -0.467 e. The number of nitrogens with zero attached hydrogens (tertiary/aromatic N) is 3. The Morgan fingerprint density at radius 1 is 1.06 bits per heavy atom. The molecule has 10 heteroatoms. The molecular formula is C23H37N5O5. The molecule has 1 atom stereocenters. The zero-order chi connectivity index (χ0) is 24.5. The number of methoxy groups -OCH3 is 1. The van der Waals surface area contributed by atoms with Gasteiger partial charge in [-0.2, -0.15) is 0 Å². The molecule has 0 aromatic carbocycles. The van der Waals surface area contributed by atoms with Crippen molar-refractivity contribution in [2.24, 2.45) is 5.92 Å². The predicted octanol–water partition coefficient (Wildman–Crippen LogP) is 2.12. The highest BCUT2D eigenvalue weighted by Gasteiger charge is 2.25. The minimum atomic E-state index is -0.729. The molecule has 184 valence electrons. The third-order valence-electron chi connectivity index (χ3n) is 5.70. The van der Waals surface area contributed by atoms with Crippen LogP contribution >= 0.6 is 0 Å². The number of unbranched alkanes of at least 4 members (excludes halogenated alkanes) is 3. The van der Waals surface area contributed by atoms with E-state index in [9.17, 15) is 19.2 Å². The van der Waals surface area contributed by atoms with Gasteiger partial charge in [-0.05, 0) is 18.8 Å². The summed E-state index contributed by atoms with van der Waals surface area (Å²) in [4.78, 5) is 56.7. The van der Waals surface area contributed by atoms with Crippen LogP contribution in [-0.2, 0) is 33.8 Å². The Labute approximate surface area is 193 Å². The van der Waals surface area contributed by atoms with E-state index < -0.39 is 23.3 Å². The topological polar surface area (TPSA) is 128 Å². The van der Waals surface area contributed by atoms with Crippen LogP contribution in [-0.4, -0.2) is 44.1 Å². The van der Waals surface area contributed by atoms with E-state index in [-0.39, 0.29) is 24.7 Å². The summed E-state index contributed by atoms with van der Waals surface area (Å²) < 4.78 is 8.12. The van der Waals surface area contributed by atoms with Gasteiger partial charge in [0.05, 0.1) is 7.11 Å². The van der Waals surface area contributed by atoms with Crippen LogP contribution in [0.25, 0.3) is 11.2 Å². The summed E-state index contributed by atoms with van der Waals surface area (Å²) in [7, 11) is 1.29. The summed E-state index contributed by atoms with van der Waals surface area (Å²) in [6.45, 7) is 8.82. The maximum Gasteiger partial charge on any atom is 0.330 e. The fraction of sp³-hybridized carbons (Fsp3) is 0.696. The Balaban J connectivity index is 2.37. The van der Waals surface area contributed by atoms with E-state index in [0.29, 0.717) is 30.1 Å². The van der Waals surface area contributed by atoms with Gasteiger partial charge in [0.2, 0.25) is 5.91 Å². The summed E-state index contributed by atoms with van der Waals surface area (Å²) in [5, 5.41) is 2.73. The number of carbonyl (C=O) groups is 2. The molecule has 0 spiro atoms. The molecule has 10 nitrogen and oxygen atoms in total. The first-order valence-corrected chi connectivity index (χ1v) is 11.8. The van der Waals surface area contributed by atoms with Gasteiger partial charge in [-0.25, -0.2) is 14.6 Å². The molecule has 0 saturated heterocycles. The summed E-state index contributed by atoms with van der Waals surface area (Å²) >= 11 is 0. The van der Waals surface area contributed by atoms with Crippen molar-refractivity contribution in [3.8, 4) is 0 Å². The molecule has 0 fully saturated rings. The second-order valence-electron chi connectivity index (χ2n) is 8.64. The Morgan fingerprint density at radius 2 is 1.73 bits per heavy atom. The number of hydrogen-bond donors (Lipinski definition) is 2. The van der Waals surface area contributed by atoms with Gasteiger partial charge in [0.25, 0.3) is 5.56 Å². The lowest BCUT2D eigenvalue weighted by atomic mass is 10.0. The van der Waals surface area contributed by atoms with Gasteiger partial charge in [-0.1, -0.05) is 47.0 Å². The molecule has 1 unspecified atom stereocenters. The van der Waals surface area contributed by atoms with E-state index in [0.717, 1.165) is 32.1 Å². The molecule has 0 aliphatic rings. The van der Waals surface area contributed by atoms with Crippen molar-refractivity contribution in [2.75, 3.05) is 7.11 Å². The van der Waals surface area contributed by atoms with Crippen molar-refractivity contribution in [3.05, 3.63) is 26.7 Å². The fourth-order valence-corrected chi connectivity index (χ4v) is 3.79. The number of nitrogens with one attached hydrogen (secondary N) is 2. The second-order valence-corrected chi connectivity index (χ2v) is 8.64. The number of imidazole rings is 1. The molecule has 2 aromatic rings. The highest BCUT2D eigenvalue weighted by atomic mass is 16.5. The van der Waals surface area contributed by atoms with Gasteiger partial charge >= 0.3 is 11.7 Å². The van der Waals surface area contributed by atoms with E-state index in [2.05, 4.69) is 22.2 Å². The van der Waals surface area contributed by atoms with Crippen molar-refractivity contribution in [1.29, 1.82) is 0 Å². The Morgan fingerprint density at radius 3 is 2.33 bits per heavy atom. The van der Waals surface area contributed by atoms with Crippen LogP contribution in [0.3, 0.4) is 0 Å². The number of esters is 1. The maximum atomic E-state index is 12.7. The Hall–Kier alpha value is -2.91. The molecule has 0 bridgehead atoms. The summed E-state index contributed by atoms with van der Waals surface area (Å²) in [6.07, 6.45) is 4.91. The van der Waals surface area contributed by atoms with Gasteiger partial charge in [0, 0.05) is 25.9 Å². The monoisotopic (exact) mass is 463 g/mol. The zero-order valence-corrected chi connectivity index (χ0v) is 20.4. The lowest BCUT2D eigenvalue weighted by Gasteiger charge is -2.19. The lowest BCUT2D eigenvalue weighted by Crippen LogP contribution is -2.45. The highest BCUT2D eigenvalue weighted by Crippen LogP contribution is 2.16. The third kappa shape index (κ3) is 6.55. The van der Waals surface area contributed by atoms with Crippen LogP contribution in [0.2, 0.25) is 0 Å². The van der Waals surface area contributed by atoms with Crippen molar-refractivity contribution in [3.63, 3.8) is 0 Å². The van der Waals surface area contributed by atoms with Crippen molar-refractivity contribution in [2.45, 2.75) is 91.8 Å². The first-order valence-electron chi connectivity index (χ1n) is 11.8. The number of carbonyl (C=O) groups excluding carboxylic acids is 2. The molecule has 2 rings (SSSR count). The number of amides is 1. The largest absolute Gasteiger partial charge is 0.467 e. The van der Waals surface area contributed by atoms with Crippen LogP contribution in [0.5, 0.6) is 0 Å². The number of ether oxygens (including phenoxy) is 1. The number of hydrogen-bond acceptors (Lipinski definition) is 6. The number of rotatable bonds is 13. The lowest BCUT2D eigenvalue weighted by molar-refractivity contribution is -0.146. The molecule has 0 radical (unpaired) electrons. The minimum absolute atomic E-state index is 0.0917. The average Bonchev–Trinajstić information content (AvgIpc) is 3.14. The number of aryl methyl sites for hydroxylation is 3. The number of H-pyrrole nitrogens is 1. The standard InChI is InChI=1S/C23H37N5O5/c1-6-8-10-14-27-16(11-12-17(29)25-18(15(3)4)22(31)33-5)24-20-19(27)21(30)26-23(32)28(20)13-9-7-2/h15,18H,6-14H2,1-5H3,(H,25,29)(H,26,30,32). The molecule has 0 aliphatic carbocycles. The summed E-state index contributed by atoms with van der Waals surface area (Å²) in [6, 6.07) is -0.729. The van der Waals surface area contributed by atoms with E-state index in [1.54, 1.807) is 0 Å². The first-order chi connectivity index (χ1) is 15.7. The Kier molecular flexibility index (Phi) is 9.87. The maximum absolute atomic E-state index is 12.7. The molecule has 2 heterocycles. The van der Waals surface area contributed by atoms with Gasteiger partial charge in [-0.15, -0.1) is 0 Å². The average molecular weight is 464 g/mol. The van der Waals surface area contributed by atoms with E-state index in [4.69, 9.17) is 4.74 Å². The van der Waals surface area contributed by atoms with Crippen molar-refractivity contribution >= 4 is 23.0 Å². The van der Waals surface area contributed by atoms with E-state index in [1.807, 2.05) is 25.3 Å². The van der Waals surface area contributed by atoms with Crippen molar-refractivity contribution < 1.29 is 14.3 Å². The van der Waals surface area contributed by atoms with Gasteiger partial charge < -0.3 is 14.6 Å². The number of aromatic nitrogens is 4. The van der Waals surface area contributed by atoms with Crippen LogP contribution in [0.15, 0.2) is 9.59 Å². The quantitative estimate of drug-likeness (QED) is 0.346. The SMILES string of the molecule is CCCCCn1c(CCC(=O)NC(C(=O)OC)C(C)C)nc2c1c(=O)[nH]c(=O)n2CCCC. The molecule has 0 saturated carbocycles. The molecule has 2 N–H and O–H groups in total. The third-order valence-corrected chi connectivity index (χ3v) is 5.70. The second kappa shape index (κ2) is 12.4. The molecular weight excluding hydrogens is 426 g/mol. The Bertz CT molecular complexity index is 1070. The van der Waals surface area contributed by atoms with E-state index >= 15 is 0 Å². The van der Waals surface area contributed by atoms with Gasteiger partial charge in [0.15, 0.2) is 11.2 Å². The summed E-state index contributed by atoms with van der Waals surface area (Å²) in [5.41, 5.74) is -0.208. The number of aromatic amines is 1. The fourth-order valence-electron chi connectivity index (χ4n) is 3.79. The highest BCUT2D eigenvalue weighted by molar-refractivity contribution is 5.84. The first kappa shape index (κ1) is 26.3. The summed E-state index contributed by atoms with van der Waals surface area (Å²) in [5.74, 6) is -0.330. The van der Waals surface area contributed by atoms with Gasteiger partial charge in [0.1, 0.15) is 11.9 Å². The van der Waals surface area contributed by atoms with Gasteiger partial charge in [-0.3, -0.25) is 19.1 Å². The van der Waals surface area contributed by atoms with Crippen LogP contribution < -0.4 is 16.6 Å². The molecule has 2 aromatic heterocycles. The smallest absolute Gasteiger partial charge is 0.330 e. The zero-order valence-electron chi connectivity index (χ0n) is 20.4. The molecule has 33 heavy (non-hydrogen) atoms. The van der Waals surface area contributed by atoms with Crippen LogP contribution in [0.1, 0.15) is 72.0 Å². The van der Waals surface area contributed by atoms with E-state index in [1.165, 1.54) is 11.7 Å². The van der Waals surface area contributed by atoms with Crippen LogP contribution in [0, 0.1) is 5.92 Å². The van der Waals surface area contributed by atoms with Crippen LogP contribution in [0.4, 0.5) is 0 Å². The van der Waals surface area contributed by atoms with Crippen molar-refractivity contribution in [1.82, 2.24) is 24.4 Å². The normalized spacial score (nSPS) is 12.3. The predicted molar refractivity (Wildman–Crippen MR) is 126 cm³/mol. The number of fused-ring (bicyclic) bond motifs is 1. The molecule has 0 aliphatic heterocycles.